The van der Waals surface area contributed by atoms with Crippen LogP contribution in [0.25, 0.3) is 0 Å². The lowest BCUT2D eigenvalue weighted by atomic mass is 10.0. The van der Waals surface area contributed by atoms with Crippen LogP contribution in [0.1, 0.15) is 22.3 Å². The van der Waals surface area contributed by atoms with Crippen LogP contribution < -0.4 is 0 Å². The smallest absolute Gasteiger partial charge is 0.343 e. The quantitative estimate of drug-likeness (QED) is 0.635. The Morgan fingerprint density at radius 2 is 2.33 bits per heavy atom. The van der Waals surface area contributed by atoms with Gasteiger partial charge in [0.1, 0.15) is 5.56 Å². The molecular formula is C14H18N2O5. The summed E-state index contributed by atoms with van der Waals surface area (Å²) in [6, 6.07) is 4.40. The van der Waals surface area contributed by atoms with E-state index in [1.165, 1.54) is 12.1 Å². The molecule has 0 amide bonds. The molecule has 0 saturated carbocycles. The molecule has 0 bridgehead atoms. The SMILES string of the molecule is COCC1CCN(Cc2cccc([N+](=O)[O-])c2C(=O)O)C1. The fourth-order valence-electron chi connectivity index (χ4n) is 2.79. The molecule has 1 unspecified atom stereocenters. The summed E-state index contributed by atoms with van der Waals surface area (Å²) in [5, 5.41) is 20.2. The molecule has 1 aliphatic rings. The standard InChI is InChI=1S/C14H18N2O5/c1-21-9-10-5-6-15(7-10)8-11-3-2-4-12(16(19)20)13(11)14(17)18/h2-4,10H,5-9H2,1H3,(H,17,18). The number of methoxy groups -OCH3 is 1. The fraction of sp³-hybridized carbons (Fsp3) is 0.500. The highest BCUT2D eigenvalue weighted by atomic mass is 16.6. The third kappa shape index (κ3) is 3.56. The Morgan fingerprint density at radius 3 is 2.95 bits per heavy atom. The van der Waals surface area contributed by atoms with Crippen molar-refractivity contribution in [2.24, 2.45) is 5.92 Å². The van der Waals surface area contributed by atoms with Crippen molar-refractivity contribution in [1.29, 1.82) is 0 Å². The lowest BCUT2D eigenvalue weighted by Crippen LogP contribution is -2.23. The highest BCUT2D eigenvalue weighted by Crippen LogP contribution is 2.26. The number of carbonyl (C=O) groups is 1. The van der Waals surface area contributed by atoms with Crippen LogP contribution in [-0.2, 0) is 11.3 Å². The zero-order valence-electron chi connectivity index (χ0n) is 11.8. The molecule has 1 heterocycles. The van der Waals surface area contributed by atoms with Gasteiger partial charge in [-0.25, -0.2) is 4.79 Å². The minimum atomic E-state index is -1.26. The summed E-state index contributed by atoms with van der Waals surface area (Å²) < 4.78 is 5.13. The normalized spacial score (nSPS) is 18.8. The first kappa shape index (κ1) is 15.4. The van der Waals surface area contributed by atoms with E-state index in [1.54, 1.807) is 13.2 Å². The van der Waals surface area contributed by atoms with E-state index in [4.69, 9.17) is 4.74 Å². The van der Waals surface area contributed by atoms with Crippen LogP contribution in [0, 0.1) is 16.0 Å². The molecule has 0 aliphatic carbocycles. The summed E-state index contributed by atoms with van der Waals surface area (Å²) in [5.41, 5.74) is -0.0832. The van der Waals surface area contributed by atoms with Gasteiger partial charge in [-0.3, -0.25) is 15.0 Å². The van der Waals surface area contributed by atoms with Gasteiger partial charge in [0.25, 0.3) is 5.69 Å². The maximum absolute atomic E-state index is 11.3. The summed E-state index contributed by atoms with van der Waals surface area (Å²) in [6.07, 6.45) is 0.991. The van der Waals surface area contributed by atoms with Gasteiger partial charge in [-0.05, 0) is 24.4 Å². The maximum atomic E-state index is 11.3. The third-order valence-electron chi connectivity index (χ3n) is 3.71. The van der Waals surface area contributed by atoms with E-state index < -0.39 is 10.9 Å². The van der Waals surface area contributed by atoms with Crippen LogP contribution in [0.15, 0.2) is 18.2 Å². The molecule has 1 saturated heterocycles. The van der Waals surface area contributed by atoms with Crippen molar-refractivity contribution in [3.63, 3.8) is 0 Å². The zero-order chi connectivity index (χ0) is 15.4. The molecule has 114 valence electrons. The van der Waals surface area contributed by atoms with E-state index in [-0.39, 0.29) is 11.3 Å². The number of carboxylic acids is 1. The van der Waals surface area contributed by atoms with E-state index in [2.05, 4.69) is 4.90 Å². The molecular weight excluding hydrogens is 276 g/mol. The van der Waals surface area contributed by atoms with Crippen LogP contribution >= 0.6 is 0 Å². The number of rotatable bonds is 6. The van der Waals surface area contributed by atoms with Crippen LogP contribution in [0.5, 0.6) is 0 Å². The van der Waals surface area contributed by atoms with Gasteiger partial charge in [0.05, 0.1) is 11.5 Å². The van der Waals surface area contributed by atoms with E-state index in [0.29, 0.717) is 24.6 Å². The number of nitro groups is 1. The van der Waals surface area contributed by atoms with Gasteiger partial charge in [-0.1, -0.05) is 12.1 Å². The van der Waals surface area contributed by atoms with Crippen molar-refractivity contribution < 1.29 is 19.6 Å². The minimum absolute atomic E-state index is 0.210. The third-order valence-corrected chi connectivity index (χ3v) is 3.71. The summed E-state index contributed by atoms with van der Waals surface area (Å²) >= 11 is 0. The molecule has 7 nitrogen and oxygen atoms in total. The monoisotopic (exact) mass is 294 g/mol. The number of nitrogens with zero attached hydrogens (tertiary/aromatic N) is 2. The van der Waals surface area contributed by atoms with Crippen molar-refractivity contribution in [1.82, 2.24) is 4.90 Å². The van der Waals surface area contributed by atoms with E-state index in [9.17, 15) is 20.0 Å². The number of aromatic carboxylic acids is 1. The molecule has 0 radical (unpaired) electrons. The van der Waals surface area contributed by atoms with Gasteiger partial charge in [-0.2, -0.15) is 0 Å². The first-order chi connectivity index (χ1) is 10.0. The maximum Gasteiger partial charge on any atom is 0.343 e. The van der Waals surface area contributed by atoms with Crippen molar-refractivity contribution in [2.45, 2.75) is 13.0 Å². The number of hydrogen-bond donors (Lipinski definition) is 1. The van der Waals surface area contributed by atoms with E-state index in [0.717, 1.165) is 19.5 Å². The van der Waals surface area contributed by atoms with Gasteiger partial charge in [0, 0.05) is 26.3 Å². The molecule has 21 heavy (non-hydrogen) atoms. The van der Waals surface area contributed by atoms with Crippen LogP contribution in [0.2, 0.25) is 0 Å². The number of carboxylic acid groups (broad SMARTS) is 1. The number of benzene rings is 1. The second kappa shape index (κ2) is 6.64. The topological polar surface area (TPSA) is 92.9 Å². The summed E-state index contributed by atoms with van der Waals surface area (Å²) in [5.74, 6) is -0.827. The molecule has 7 heteroatoms. The largest absolute Gasteiger partial charge is 0.477 e. The second-order valence-electron chi connectivity index (χ2n) is 5.22. The van der Waals surface area contributed by atoms with Crippen molar-refractivity contribution >= 4 is 11.7 Å². The van der Waals surface area contributed by atoms with E-state index in [1.807, 2.05) is 0 Å². The Balaban J connectivity index is 2.19. The van der Waals surface area contributed by atoms with Gasteiger partial charge in [0.15, 0.2) is 0 Å². The van der Waals surface area contributed by atoms with E-state index >= 15 is 0 Å². The molecule has 0 spiro atoms. The van der Waals surface area contributed by atoms with Crippen LogP contribution in [0.3, 0.4) is 0 Å². The lowest BCUT2D eigenvalue weighted by Gasteiger charge is -2.17. The van der Waals surface area contributed by atoms with Gasteiger partial charge in [0.2, 0.25) is 0 Å². The first-order valence-electron chi connectivity index (χ1n) is 6.73. The number of nitro benzene ring substituents is 1. The Bertz CT molecular complexity index is 546. The number of likely N-dealkylation sites (tertiary alicyclic amines) is 1. The Kier molecular flexibility index (Phi) is 4.87. The molecule has 1 aromatic carbocycles. The average molecular weight is 294 g/mol. The molecule has 1 atom stereocenters. The van der Waals surface area contributed by atoms with Crippen LogP contribution in [-0.4, -0.2) is 47.7 Å². The van der Waals surface area contributed by atoms with Crippen molar-refractivity contribution in [3.05, 3.63) is 39.4 Å². The van der Waals surface area contributed by atoms with Gasteiger partial charge in [-0.15, -0.1) is 0 Å². The Morgan fingerprint density at radius 1 is 1.57 bits per heavy atom. The Labute approximate surface area is 122 Å². The lowest BCUT2D eigenvalue weighted by molar-refractivity contribution is -0.385. The summed E-state index contributed by atoms with van der Waals surface area (Å²) in [6.45, 7) is 2.74. The Hall–Kier alpha value is -1.99. The predicted octanol–water partition coefficient (Wildman–Crippen LogP) is 1.76. The molecule has 2 rings (SSSR count). The highest BCUT2D eigenvalue weighted by Gasteiger charge is 2.27. The summed E-state index contributed by atoms with van der Waals surface area (Å²) in [4.78, 5) is 23.8. The van der Waals surface area contributed by atoms with Crippen molar-refractivity contribution in [3.8, 4) is 0 Å². The molecule has 1 aliphatic heterocycles. The second-order valence-corrected chi connectivity index (χ2v) is 5.22. The number of ether oxygens (including phenoxy) is 1. The molecule has 1 N–H and O–H groups in total. The van der Waals surface area contributed by atoms with Crippen LogP contribution in [0.4, 0.5) is 5.69 Å². The minimum Gasteiger partial charge on any atom is -0.477 e. The summed E-state index contributed by atoms with van der Waals surface area (Å²) in [7, 11) is 1.66. The first-order valence-corrected chi connectivity index (χ1v) is 6.73. The predicted molar refractivity (Wildman–Crippen MR) is 75.3 cm³/mol. The number of hydrogen-bond acceptors (Lipinski definition) is 5. The fourth-order valence-corrected chi connectivity index (χ4v) is 2.79. The van der Waals surface area contributed by atoms with Crippen molar-refractivity contribution in [2.75, 3.05) is 26.8 Å². The van der Waals surface area contributed by atoms with Gasteiger partial charge < -0.3 is 9.84 Å². The average Bonchev–Trinajstić information content (AvgIpc) is 2.86. The van der Waals surface area contributed by atoms with Gasteiger partial charge >= 0.3 is 5.97 Å². The molecule has 1 fully saturated rings. The highest BCUT2D eigenvalue weighted by molar-refractivity contribution is 5.94. The molecule has 1 aromatic rings. The molecule has 0 aromatic heterocycles. The zero-order valence-corrected chi connectivity index (χ0v) is 11.8.